The number of hydrogen-bond acceptors (Lipinski definition) is 2. The molecule has 0 amide bonds. The molecule has 0 fully saturated rings. The van der Waals surface area contributed by atoms with E-state index < -0.39 is 0 Å². The van der Waals surface area contributed by atoms with Gasteiger partial charge in [0.25, 0.3) is 0 Å². The third kappa shape index (κ3) is 4.08. The van der Waals surface area contributed by atoms with Gasteiger partial charge in [0.05, 0.1) is 33.3 Å². The summed E-state index contributed by atoms with van der Waals surface area (Å²) in [5.41, 5.74) is 8.52. The van der Waals surface area contributed by atoms with Crippen LogP contribution in [0.2, 0.25) is 0 Å². The second-order valence-corrected chi connectivity index (χ2v) is 14.2. The predicted octanol–water partition coefficient (Wildman–Crippen LogP) is 13.0. The fourth-order valence-corrected chi connectivity index (χ4v) is 8.95. The maximum absolute atomic E-state index is 5.52. The molecule has 0 bridgehead atoms. The Bertz CT molecular complexity index is 3510. The molecular weight excluding hydrogens is 657 g/mol. The lowest BCUT2D eigenvalue weighted by Gasteiger charge is -2.14. The molecule has 0 unspecified atom stereocenters. The van der Waals surface area contributed by atoms with Gasteiger partial charge in [0.1, 0.15) is 0 Å². The van der Waals surface area contributed by atoms with Crippen LogP contribution in [0.1, 0.15) is 0 Å². The zero-order valence-electron chi connectivity index (χ0n) is 29.1. The van der Waals surface area contributed by atoms with Gasteiger partial charge < -0.3 is 4.57 Å². The molecule has 250 valence electrons. The van der Waals surface area contributed by atoms with Gasteiger partial charge in [0.15, 0.2) is 0 Å². The van der Waals surface area contributed by atoms with Crippen molar-refractivity contribution in [3.8, 4) is 22.9 Å². The number of aromatic nitrogens is 4. The van der Waals surface area contributed by atoms with Crippen molar-refractivity contribution in [3.63, 3.8) is 0 Å². The molecule has 4 nitrogen and oxygen atoms in total. The maximum atomic E-state index is 5.52. The quantitative estimate of drug-likeness (QED) is 0.185. The van der Waals surface area contributed by atoms with Crippen molar-refractivity contribution in [2.75, 3.05) is 0 Å². The highest BCUT2D eigenvalue weighted by Gasteiger charge is 2.21. The minimum Gasteiger partial charge on any atom is -0.309 e. The molecular formula is C50H30N4. The van der Waals surface area contributed by atoms with E-state index in [-0.39, 0.29) is 0 Å². The summed E-state index contributed by atoms with van der Waals surface area (Å²) in [6.07, 6.45) is 0. The number of fused-ring (bicyclic) bond motifs is 12. The highest BCUT2D eigenvalue weighted by atomic mass is 15.2. The van der Waals surface area contributed by atoms with Gasteiger partial charge >= 0.3 is 0 Å². The molecule has 0 saturated heterocycles. The Morgan fingerprint density at radius 1 is 0.333 bits per heavy atom. The van der Waals surface area contributed by atoms with Crippen molar-refractivity contribution in [2.45, 2.75) is 0 Å². The van der Waals surface area contributed by atoms with E-state index >= 15 is 0 Å². The second kappa shape index (κ2) is 11.1. The fraction of sp³-hybridized carbons (Fsp3) is 0. The Morgan fingerprint density at radius 3 is 1.63 bits per heavy atom. The lowest BCUT2D eigenvalue weighted by atomic mass is 9.99. The molecule has 12 rings (SSSR count). The van der Waals surface area contributed by atoms with Gasteiger partial charge in [-0.05, 0) is 68.7 Å². The van der Waals surface area contributed by atoms with E-state index in [4.69, 9.17) is 9.97 Å². The average Bonchev–Trinajstić information content (AvgIpc) is 3.76. The summed E-state index contributed by atoms with van der Waals surface area (Å²) in [7, 11) is 0. The molecule has 3 heterocycles. The van der Waals surface area contributed by atoms with E-state index in [1.54, 1.807) is 0 Å². The van der Waals surface area contributed by atoms with E-state index in [2.05, 4.69) is 191 Å². The summed E-state index contributed by atoms with van der Waals surface area (Å²) in [4.78, 5) is 10.9. The molecule has 0 spiro atoms. The molecule has 3 aromatic heterocycles. The molecule has 0 N–H and O–H groups in total. The van der Waals surface area contributed by atoms with Crippen molar-refractivity contribution in [1.29, 1.82) is 0 Å². The predicted molar refractivity (Wildman–Crippen MR) is 226 cm³/mol. The first-order valence-corrected chi connectivity index (χ1v) is 18.4. The molecule has 9 aromatic carbocycles. The molecule has 0 aliphatic rings. The van der Waals surface area contributed by atoms with Gasteiger partial charge in [0.2, 0.25) is 5.95 Å². The normalized spacial score (nSPS) is 12.1. The van der Waals surface area contributed by atoms with Crippen LogP contribution in [0.3, 0.4) is 0 Å². The molecule has 54 heavy (non-hydrogen) atoms. The Hall–Kier alpha value is -7.30. The lowest BCUT2D eigenvalue weighted by Crippen LogP contribution is -2.04. The Kier molecular flexibility index (Phi) is 6.02. The summed E-state index contributed by atoms with van der Waals surface area (Å²) in [6.45, 7) is 0. The molecule has 0 saturated carbocycles. The first-order chi connectivity index (χ1) is 26.8. The minimum atomic E-state index is 0.650. The van der Waals surface area contributed by atoms with E-state index in [0.29, 0.717) is 5.95 Å². The fourth-order valence-electron chi connectivity index (χ4n) is 8.95. The highest BCUT2D eigenvalue weighted by molar-refractivity contribution is 6.23. The second-order valence-electron chi connectivity index (χ2n) is 14.2. The van der Waals surface area contributed by atoms with E-state index in [1.807, 2.05) is 0 Å². The zero-order valence-corrected chi connectivity index (χ0v) is 29.1. The van der Waals surface area contributed by atoms with Gasteiger partial charge in [-0.1, -0.05) is 146 Å². The summed E-state index contributed by atoms with van der Waals surface area (Å²) in [5.74, 6) is 0.650. The van der Waals surface area contributed by atoms with Crippen LogP contribution < -0.4 is 0 Å². The van der Waals surface area contributed by atoms with Gasteiger partial charge in [-0.2, -0.15) is 0 Å². The monoisotopic (exact) mass is 686 g/mol. The average molecular weight is 687 g/mol. The van der Waals surface area contributed by atoms with Crippen molar-refractivity contribution in [3.05, 3.63) is 182 Å². The number of benzene rings is 9. The summed E-state index contributed by atoms with van der Waals surface area (Å²) < 4.78 is 4.70. The van der Waals surface area contributed by atoms with Crippen LogP contribution in [-0.4, -0.2) is 19.1 Å². The minimum absolute atomic E-state index is 0.650. The number of hydrogen-bond donors (Lipinski definition) is 0. The van der Waals surface area contributed by atoms with Crippen LogP contribution in [0.15, 0.2) is 182 Å². The number of para-hydroxylation sites is 2. The van der Waals surface area contributed by atoms with Crippen LogP contribution in [0.5, 0.6) is 0 Å². The smallest absolute Gasteiger partial charge is 0.235 e. The van der Waals surface area contributed by atoms with Crippen molar-refractivity contribution in [1.82, 2.24) is 19.1 Å². The van der Waals surface area contributed by atoms with Gasteiger partial charge in [-0.3, -0.25) is 4.57 Å². The van der Waals surface area contributed by atoms with Crippen molar-refractivity contribution >= 4 is 86.8 Å². The van der Waals surface area contributed by atoms with Crippen LogP contribution in [-0.2, 0) is 0 Å². The van der Waals surface area contributed by atoms with Crippen LogP contribution in [0.4, 0.5) is 0 Å². The zero-order chi connectivity index (χ0) is 35.3. The van der Waals surface area contributed by atoms with Crippen LogP contribution in [0.25, 0.3) is 110 Å². The van der Waals surface area contributed by atoms with Crippen molar-refractivity contribution < 1.29 is 0 Å². The van der Waals surface area contributed by atoms with Gasteiger partial charge in [-0.25, -0.2) is 9.97 Å². The first kappa shape index (κ1) is 29.3. The lowest BCUT2D eigenvalue weighted by molar-refractivity contribution is 1.01. The molecule has 0 radical (unpaired) electrons. The van der Waals surface area contributed by atoms with E-state index in [1.165, 1.54) is 64.9 Å². The molecule has 0 aliphatic carbocycles. The van der Waals surface area contributed by atoms with Crippen LogP contribution in [0, 0.1) is 0 Å². The van der Waals surface area contributed by atoms with Gasteiger partial charge in [-0.15, -0.1) is 0 Å². The van der Waals surface area contributed by atoms with E-state index in [0.717, 1.165) is 38.9 Å². The van der Waals surface area contributed by atoms with Crippen molar-refractivity contribution in [2.24, 2.45) is 0 Å². The number of nitrogens with zero attached hydrogens (tertiary/aromatic N) is 4. The highest BCUT2D eigenvalue weighted by Crippen LogP contribution is 2.41. The topological polar surface area (TPSA) is 35.6 Å². The largest absolute Gasteiger partial charge is 0.309 e. The Morgan fingerprint density at radius 2 is 0.889 bits per heavy atom. The summed E-state index contributed by atoms with van der Waals surface area (Å²) in [5, 5.41) is 13.2. The summed E-state index contributed by atoms with van der Waals surface area (Å²) >= 11 is 0. The Balaban J connectivity index is 1.21. The Labute approximate surface area is 309 Å². The molecule has 0 aliphatic heterocycles. The van der Waals surface area contributed by atoms with Crippen LogP contribution >= 0.6 is 0 Å². The summed E-state index contributed by atoms with van der Waals surface area (Å²) in [6, 6.07) is 65.4. The standard InChI is InChI=1S/C50H30N4/c1-4-16-35-31(12-1)15-11-21-38(35)49-39-19-7-9-22-42(39)51-50(52-49)54-45-29-25-33-14-3-6-18-37(33)48(45)41-27-26-34(30-46(41)54)53-43-23-10-8-20-40(43)47-36-17-5-2-13-32(36)24-28-44(47)53/h1-30H. The number of rotatable bonds is 3. The first-order valence-electron chi connectivity index (χ1n) is 18.4. The maximum Gasteiger partial charge on any atom is 0.235 e. The van der Waals surface area contributed by atoms with E-state index in [9.17, 15) is 0 Å². The van der Waals surface area contributed by atoms with Gasteiger partial charge in [0, 0.05) is 38.2 Å². The molecule has 12 aromatic rings. The SMILES string of the molecule is c1ccc2c(-c3nc(-n4c5cc(-n6c7ccccc7c7c8ccccc8ccc76)ccc5c5c6ccccc6ccc54)nc4ccccc34)cccc2c1. The molecule has 0 atom stereocenters. The third-order valence-corrected chi connectivity index (χ3v) is 11.3. The molecule has 4 heteroatoms. The third-order valence-electron chi connectivity index (χ3n) is 11.3.